The highest BCUT2D eigenvalue weighted by atomic mass is 16.2. The molecule has 5 heteroatoms. The number of nitrogens with two attached hydrogens (primary N) is 1. The maximum absolute atomic E-state index is 12.1. The third kappa shape index (κ3) is 2.75. The fourth-order valence-electron chi connectivity index (χ4n) is 1.78. The van der Waals surface area contributed by atoms with Gasteiger partial charge in [0.05, 0.1) is 5.92 Å². The minimum atomic E-state index is -0.358. The molecule has 0 saturated heterocycles. The molecule has 1 heterocycles. The summed E-state index contributed by atoms with van der Waals surface area (Å²) in [7, 11) is 0. The quantitative estimate of drug-likeness (QED) is 0.760. The lowest BCUT2D eigenvalue weighted by molar-refractivity contribution is -0.117. The van der Waals surface area contributed by atoms with Gasteiger partial charge in [0.1, 0.15) is 0 Å². The Morgan fingerprint density at radius 2 is 2.17 bits per heavy atom. The van der Waals surface area contributed by atoms with E-state index in [9.17, 15) is 4.79 Å². The predicted molar refractivity (Wildman–Crippen MR) is 70.2 cm³/mol. The van der Waals surface area contributed by atoms with E-state index in [-0.39, 0.29) is 18.4 Å². The minimum Gasteiger partial charge on any atom is -0.329 e. The van der Waals surface area contributed by atoms with Gasteiger partial charge in [0.25, 0.3) is 0 Å². The number of H-pyrrole nitrogens is 1. The van der Waals surface area contributed by atoms with Crippen LogP contribution in [-0.4, -0.2) is 22.6 Å². The average Bonchev–Trinajstić information content (AvgIpc) is 2.77. The van der Waals surface area contributed by atoms with Crippen molar-refractivity contribution >= 4 is 11.7 Å². The van der Waals surface area contributed by atoms with Crippen LogP contribution in [0.15, 0.2) is 36.4 Å². The van der Waals surface area contributed by atoms with Crippen molar-refractivity contribution in [1.29, 1.82) is 0 Å². The van der Waals surface area contributed by atoms with Crippen molar-refractivity contribution in [3.63, 3.8) is 0 Å². The summed E-state index contributed by atoms with van der Waals surface area (Å²) in [5.41, 5.74) is 7.48. The van der Waals surface area contributed by atoms with Crippen LogP contribution in [0.5, 0.6) is 0 Å². The minimum absolute atomic E-state index is 0.143. The molecule has 1 aromatic carbocycles. The molecule has 1 unspecified atom stereocenters. The van der Waals surface area contributed by atoms with Gasteiger partial charge in [-0.15, -0.1) is 0 Å². The monoisotopic (exact) mass is 244 g/mol. The number of nitrogens with one attached hydrogen (secondary N) is 2. The molecule has 0 aliphatic rings. The highest BCUT2D eigenvalue weighted by Gasteiger charge is 2.19. The van der Waals surface area contributed by atoms with Crippen LogP contribution in [0.2, 0.25) is 0 Å². The molecule has 1 amide bonds. The molecule has 5 nitrogen and oxygen atoms in total. The molecule has 1 atom stereocenters. The Kier molecular flexibility index (Phi) is 3.74. The third-order valence-corrected chi connectivity index (χ3v) is 2.71. The van der Waals surface area contributed by atoms with Gasteiger partial charge in [-0.25, -0.2) is 0 Å². The standard InChI is InChI=1S/C13H16N4O/c1-9-7-12(17-16-9)15-13(18)11(8-14)10-5-3-2-4-6-10/h2-7,11H,8,14H2,1H3,(H2,15,16,17,18). The van der Waals surface area contributed by atoms with Gasteiger partial charge in [0, 0.05) is 18.3 Å². The summed E-state index contributed by atoms with van der Waals surface area (Å²) < 4.78 is 0. The predicted octanol–water partition coefficient (Wildman–Crippen LogP) is 1.40. The maximum atomic E-state index is 12.1. The zero-order valence-electron chi connectivity index (χ0n) is 10.2. The number of aryl methyl sites for hydroxylation is 1. The van der Waals surface area contributed by atoms with E-state index in [2.05, 4.69) is 15.5 Å². The topological polar surface area (TPSA) is 83.8 Å². The number of nitrogens with zero attached hydrogens (tertiary/aromatic N) is 1. The molecule has 0 aliphatic carbocycles. The van der Waals surface area contributed by atoms with Crippen LogP contribution in [0.25, 0.3) is 0 Å². The summed E-state index contributed by atoms with van der Waals surface area (Å²) in [5.74, 6) is 0.0188. The number of aromatic nitrogens is 2. The lowest BCUT2D eigenvalue weighted by atomic mass is 9.98. The summed E-state index contributed by atoms with van der Waals surface area (Å²) in [6.45, 7) is 2.14. The van der Waals surface area contributed by atoms with Crippen LogP contribution in [0.4, 0.5) is 5.82 Å². The molecule has 0 spiro atoms. The fraction of sp³-hybridized carbons (Fsp3) is 0.231. The van der Waals surface area contributed by atoms with Crippen molar-refractivity contribution in [2.75, 3.05) is 11.9 Å². The molecule has 0 radical (unpaired) electrons. The van der Waals surface area contributed by atoms with Crippen LogP contribution in [0.1, 0.15) is 17.2 Å². The SMILES string of the molecule is Cc1cc(NC(=O)C(CN)c2ccccc2)n[nH]1. The van der Waals surface area contributed by atoms with Crippen molar-refractivity contribution in [3.05, 3.63) is 47.7 Å². The summed E-state index contributed by atoms with van der Waals surface area (Å²) in [5, 5.41) is 9.49. The first-order chi connectivity index (χ1) is 8.70. The first-order valence-electron chi connectivity index (χ1n) is 5.78. The number of aromatic amines is 1. The zero-order valence-corrected chi connectivity index (χ0v) is 10.2. The van der Waals surface area contributed by atoms with Crippen LogP contribution in [0, 0.1) is 6.92 Å². The van der Waals surface area contributed by atoms with E-state index in [0.29, 0.717) is 5.82 Å². The summed E-state index contributed by atoms with van der Waals surface area (Å²) in [6, 6.07) is 11.3. The third-order valence-electron chi connectivity index (χ3n) is 2.71. The van der Waals surface area contributed by atoms with Crippen molar-refractivity contribution in [1.82, 2.24) is 10.2 Å². The maximum Gasteiger partial charge on any atom is 0.234 e. The zero-order chi connectivity index (χ0) is 13.0. The molecular weight excluding hydrogens is 228 g/mol. The van der Waals surface area contributed by atoms with Crippen molar-refractivity contribution in [2.24, 2.45) is 5.73 Å². The number of carbonyl (C=O) groups excluding carboxylic acids is 1. The molecule has 2 aromatic rings. The second kappa shape index (κ2) is 5.46. The van der Waals surface area contributed by atoms with E-state index in [1.807, 2.05) is 37.3 Å². The molecule has 0 fully saturated rings. The highest BCUT2D eigenvalue weighted by molar-refractivity contribution is 5.95. The van der Waals surface area contributed by atoms with Gasteiger partial charge in [0.15, 0.2) is 5.82 Å². The van der Waals surface area contributed by atoms with Gasteiger partial charge >= 0.3 is 0 Å². The van der Waals surface area contributed by atoms with Crippen LogP contribution < -0.4 is 11.1 Å². The number of hydrogen-bond donors (Lipinski definition) is 3. The normalized spacial score (nSPS) is 12.1. The van der Waals surface area contributed by atoms with E-state index in [1.165, 1.54) is 0 Å². The number of rotatable bonds is 4. The van der Waals surface area contributed by atoms with E-state index in [4.69, 9.17) is 5.73 Å². The molecule has 0 bridgehead atoms. The average molecular weight is 244 g/mol. The molecule has 94 valence electrons. The van der Waals surface area contributed by atoms with Crippen LogP contribution in [0.3, 0.4) is 0 Å². The van der Waals surface area contributed by atoms with Gasteiger partial charge in [-0.05, 0) is 12.5 Å². The molecule has 2 rings (SSSR count). The highest BCUT2D eigenvalue weighted by Crippen LogP contribution is 2.16. The Morgan fingerprint density at radius 3 is 2.72 bits per heavy atom. The Hall–Kier alpha value is -2.14. The van der Waals surface area contributed by atoms with E-state index in [1.54, 1.807) is 6.07 Å². The molecule has 18 heavy (non-hydrogen) atoms. The van der Waals surface area contributed by atoms with Crippen molar-refractivity contribution in [2.45, 2.75) is 12.8 Å². The van der Waals surface area contributed by atoms with Gasteiger partial charge in [0.2, 0.25) is 5.91 Å². The molecule has 0 saturated carbocycles. The summed E-state index contributed by atoms with van der Waals surface area (Å²) in [4.78, 5) is 12.1. The van der Waals surface area contributed by atoms with Crippen molar-refractivity contribution in [3.8, 4) is 0 Å². The van der Waals surface area contributed by atoms with Crippen molar-refractivity contribution < 1.29 is 4.79 Å². The van der Waals surface area contributed by atoms with Gasteiger partial charge in [-0.2, -0.15) is 5.10 Å². The Bertz CT molecular complexity index is 521. The molecule has 4 N–H and O–H groups in total. The van der Waals surface area contributed by atoms with Gasteiger partial charge in [-0.3, -0.25) is 9.89 Å². The summed E-state index contributed by atoms with van der Waals surface area (Å²) >= 11 is 0. The van der Waals surface area contributed by atoms with Crippen LogP contribution >= 0.6 is 0 Å². The second-order valence-corrected chi connectivity index (χ2v) is 4.12. The fourth-order valence-corrected chi connectivity index (χ4v) is 1.78. The van der Waals surface area contributed by atoms with E-state index < -0.39 is 0 Å². The second-order valence-electron chi connectivity index (χ2n) is 4.12. The van der Waals surface area contributed by atoms with Gasteiger partial charge in [-0.1, -0.05) is 30.3 Å². The number of benzene rings is 1. The van der Waals surface area contributed by atoms with Crippen LogP contribution in [-0.2, 0) is 4.79 Å². The summed E-state index contributed by atoms with van der Waals surface area (Å²) in [6.07, 6.45) is 0. The Balaban J connectivity index is 2.11. The lowest BCUT2D eigenvalue weighted by Crippen LogP contribution is -2.27. The largest absolute Gasteiger partial charge is 0.329 e. The molecule has 0 aliphatic heterocycles. The number of amides is 1. The smallest absolute Gasteiger partial charge is 0.234 e. The van der Waals surface area contributed by atoms with E-state index >= 15 is 0 Å². The molecule has 1 aromatic heterocycles. The number of hydrogen-bond acceptors (Lipinski definition) is 3. The first-order valence-corrected chi connectivity index (χ1v) is 5.78. The van der Waals surface area contributed by atoms with Gasteiger partial charge < -0.3 is 11.1 Å². The molecular formula is C13H16N4O. The first kappa shape index (κ1) is 12.3. The number of carbonyl (C=O) groups is 1. The van der Waals surface area contributed by atoms with E-state index in [0.717, 1.165) is 11.3 Å². The number of anilines is 1. The Labute approximate surface area is 105 Å². The Morgan fingerprint density at radius 1 is 1.44 bits per heavy atom. The lowest BCUT2D eigenvalue weighted by Gasteiger charge is -2.13.